The Kier molecular flexibility index (Phi) is 36.1. The first-order valence-electron chi connectivity index (χ1n) is 23.9. The fraction of sp³-hybridized carbons (Fsp3) is 0.936. The van der Waals surface area contributed by atoms with Crippen LogP contribution >= 0.6 is 0 Å². The molecule has 0 saturated carbocycles. The van der Waals surface area contributed by atoms with E-state index in [2.05, 4.69) is 19.2 Å². The molecule has 1 rings (SSSR count). The predicted octanol–water partition coefficient (Wildman–Crippen LogP) is 10.1. The van der Waals surface area contributed by atoms with E-state index in [0.717, 1.165) is 38.5 Å². The molecule has 2 unspecified atom stereocenters. The monoisotopic (exact) mass is 798 g/mol. The summed E-state index contributed by atoms with van der Waals surface area (Å²) in [6.45, 7) is 3.79. The molecule has 0 aliphatic carbocycles. The highest BCUT2D eigenvalue weighted by Gasteiger charge is 2.44. The van der Waals surface area contributed by atoms with Crippen molar-refractivity contribution in [2.24, 2.45) is 0 Å². The molecule has 0 aromatic heterocycles. The van der Waals surface area contributed by atoms with Gasteiger partial charge in [-0.25, -0.2) is 0 Å². The van der Waals surface area contributed by atoms with Crippen molar-refractivity contribution >= 4 is 5.91 Å². The molecule has 1 fully saturated rings. The third-order valence-corrected chi connectivity index (χ3v) is 11.6. The van der Waals surface area contributed by atoms with Gasteiger partial charge < -0.3 is 40.3 Å². The number of amides is 1. The highest BCUT2D eigenvalue weighted by Crippen LogP contribution is 2.23. The first kappa shape index (κ1) is 52.9. The maximum atomic E-state index is 13.0. The first-order valence-corrected chi connectivity index (χ1v) is 23.9. The number of carbonyl (C=O) groups is 1. The van der Waals surface area contributed by atoms with E-state index in [1.54, 1.807) is 6.08 Å². The number of allylic oxidation sites excluding steroid dienone is 1. The number of aliphatic hydroxyl groups excluding tert-OH is 5. The van der Waals surface area contributed by atoms with E-state index in [4.69, 9.17) is 9.47 Å². The van der Waals surface area contributed by atoms with Crippen molar-refractivity contribution < 1.29 is 39.8 Å². The normalized spacial score (nSPS) is 21.2. The Hall–Kier alpha value is -1.07. The van der Waals surface area contributed by atoms with Crippen LogP contribution < -0.4 is 5.32 Å². The molecular formula is C47H91NO8. The standard InChI is InChI=1S/C47H91NO8/c1-3-5-7-9-11-13-15-17-19-20-21-22-23-25-27-29-31-33-35-37-43(51)48-40(39-55-47-46(54)45(53)44(52)42(38-49)56-47)41(50)36-34-32-30-28-26-24-18-16-14-12-10-8-6-4-2/h34,36,40-42,44-47,49-50,52-54H,3-33,35,37-39H2,1-2H3,(H,48,51)/b36-34+/t40-,41+,42+,44-,45?,46?,47+/m0/s1. The summed E-state index contributed by atoms with van der Waals surface area (Å²) in [5.41, 5.74) is 0. The van der Waals surface area contributed by atoms with Gasteiger partial charge >= 0.3 is 0 Å². The van der Waals surface area contributed by atoms with Gasteiger partial charge in [0.2, 0.25) is 5.91 Å². The van der Waals surface area contributed by atoms with Crippen molar-refractivity contribution in [3.05, 3.63) is 12.2 Å². The Labute approximate surface area is 344 Å². The maximum Gasteiger partial charge on any atom is 0.220 e. The van der Waals surface area contributed by atoms with Crippen LogP contribution in [-0.4, -0.2) is 87.5 Å². The fourth-order valence-corrected chi connectivity index (χ4v) is 7.75. The number of ether oxygens (including phenoxy) is 2. The average Bonchev–Trinajstić information content (AvgIpc) is 3.20. The van der Waals surface area contributed by atoms with Crippen molar-refractivity contribution in [2.75, 3.05) is 13.2 Å². The Morgan fingerprint density at radius 1 is 0.589 bits per heavy atom. The van der Waals surface area contributed by atoms with E-state index in [9.17, 15) is 30.3 Å². The summed E-state index contributed by atoms with van der Waals surface area (Å²) in [6, 6.07) is -0.798. The molecule has 0 spiro atoms. The molecule has 0 radical (unpaired) electrons. The van der Waals surface area contributed by atoms with Gasteiger partial charge in [-0.15, -0.1) is 0 Å². The van der Waals surface area contributed by atoms with Crippen molar-refractivity contribution in [1.29, 1.82) is 0 Å². The van der Waals surface area contributed by atoms with E-state index >= 15 is 0 Å². The Morgan fingerprint density at radius 2 is 0.982 bits per heavy atom. The third kappa shape index (κ3) is 28.4. The molecule has 332 valence electrons. The van der Waals surface area contributed by atoms with Gasteiger partial charge in [0.15, 0.2) is 6.29 Å². The molecule has 1 aliphatic heterocycles. The van der Waals surface area contributed by atoms with E-state index in [1.165, 1.54) is 167 Å². The number of unbranched alkanes of at least 4 members (excludes halogenated alkanes) is 30. The van der Waals surface area contributed by atoms with E-state index in [0.29, 0.717) is 6.42 Å². The van der Waals surface area contributed by atoms with Gasteiger partial charge in [-0.1, -0.05) is 212 Å². The number of hydrogen-bond donors (Lipinski definition) is 6. The van der Waals surface area contributed by atoms with Crippen LogP contribution in [-0.2, 0) is 14.3 Å². The summed E-state index contributed by atoms with van der Waals surface area (Å²) in [5, 5.41) is 54.2. The zero-order valence-electron chi connectivity index (χ0n) is 36.4. The lowest BCUT2D eigenvalue weighted by Crippen LogP contribution is -2.60. The van der Waals surface area contributed by atoms with Gasteiger partial charge in [0.1, 0.15) is 24.4 Å². The molecule has 1 aliphatic rings. The minimum Gasteiger partial charge on any atom is -0.394 e. The van der Waals surface area contributed by atoms with Gasteiger partial charge in [-0.2, -0.15) is 0 Å². The highest BCUT2D eigenvalue weighted by atomic mass is 16.7. The van der Waals surface area contributed by atoms with Crippen LogP contribution in [0.25, 0.3) is 0 Å². The predicted molar refractivity (Wildman–Crippen MR) is 231 cm³/mol. The minimum atomic E-state index is -1.56. The second-order valence-electron chi connectivity index (χ2n) is 16.9. The fourth-order valence-electron chi connectivity index (χ4n) is 7.75. The highest BCUT2D eigenvalue weighted by molar-refractivity contribution is 5.76. The summed E-state index contributed by atoms with van der Waals surface area (Å²) in [5.74, 6) is -0.173. The number of nitrogens with one attached hydrogen (secondary N) is 1. The van der Waals surface area contributed by atoms with Crippen LogP contribution in [0.15, 0.2) is 12.2 Å². The van der Waals surface area contributed by atoms with Gasteiger partial charge in [0, 0.05) is 6.42 Å². The van der Waals surface area contributed by atoms with Gasteiger partial charge in [0.05, 0.1) is 25.4 Å². The van der Waals surface area contributed by atoms with Crippen LogP contribution in [0, 0.1) is 0 Å². The minimum absolute atomic E-state index is 0.173. The Bertz CT molecular complexity index is 888. The summed E-state index contributed by atoms with van der Waals surface area (Å²) >= 11 is 0. The zero-order chi connectivity index (χ0) is 40.9. The average molecular weight is 798 g/mol. The summed E-state index contributed by atoms with van der Waals surface area (Å²) < 4.78 is 11.2. The van der Waals surface area contributed by atoms with Crippen LogP contribution in [0.4, 0.5) is 0 Å². The van der Waals surface area contributed by atoms with Crippen LogP contribution in [0.2, 0.25) is 0 Å². The van der Waals surface area contributed by atoms with Gasteiger partial charge in [-0.05, 0) is 19.3 Å². The Balaban J connectivity index is 2.31. The smallest absolute Gasteiger partial charge is 0.220 e. The van der Waals surface area contributed by atoms with Crippen LogP contribution in [0.3, 0.4) is 0 Å². The number of carbonyl (C=O) groups excluding carboxylic acids is 1. The molecule has 6 N–H and O–H groups in total. The van der Waals surface area contributed by atoms with Crippen molar-refractivity contribution in [3.8, 4) is 0 Å². The molecule has 7 atom stereocenters. The summed E-state index contributed by atoms with van der Waals surface area (Å²) in [6.07, 6.45) is 36.8. The van der Waals surface area contributed by atoms with Crippen molar-refractivity contribution in [2.45, 2.75) is 269 Å². The molecule has 9 nitrogen and oxygen atoms in total. The Morgan fingerprint density at radius 3 is 1.39 bits per heavy atom. The van der Waals surface area contributed by atoms with Crippen LogP contribution in [0.1, 0.15) is 226 Å². The molecule has 56 heavy (non-hydrogen) atoms. The molecule has 0 bridgehead atoms. The summed E-state index contributed by atoms with van der Waals surface area (Å²) in [7, 11) is 0. The quantitative estimate of drug-likeness (QED) is 0.0265. The van der Waals surface area contributed by atoms with E-state index in [1.807, 2.05) is 6.08 Å². The van der Waals surface area contributed by atoms with Crippen LogP contribution in [0.5, 0.6) is 0 Å². The molecule has 0 aromatic rings. The maximum absolute atomic E-state index is 13.0. The number of aliphatic hydroxyl groups is 5. The van der Waals surface area contributed by atoms with Gasteiger partial charge in [-0.3, -0.25) is 4.79 Å². The van der Waals surface area contributed by atoms with E-state index in [-0.39, 0.29) is 12.5 Å². The van der Waals surface area contributed by atoms with Crippen molar-refractivity contribution in [1.82, 2.24) is 5.32 Å². The third-order valence-electron chi connectivity index (χ3n) is 11.6. The number of rotatable bonds is 40. The number of hydrogen-bond acceptors (Lipinski definition) is 8. The molecule has 1 saturated heterocycles. The summed E-state index contributed by atoms with van der Waals surface area (Å²) in [4.78, 5) is 13.0. The second kappa shape index (κ2) is 38.2. The molecule has 0 aromatic carbocycles. The molecule has 9 heteroatoms. The lowest BCUT2D eigenvalue weighted by molar-refractivity contribution is -0.302. The lowest BCUT2D eigenvalue weighted by atomic mass is 9.99. The topological polar surface area (TPSA) is 149 Å². The molecule has 1 heterocycles. The molecule has 1 amide bonds. The largest absolute Gasteiger partial charge is 0.394 e. The van der Waals surface area contributed by atoms with E-state index < -0.39 is 49.5 Å². The van der Waals surface area contributed by atoms with Gasteiger partial charge in [0.25, 0.3) is 0 Å². The molecular weight excluding hydrogens is 707 g/mol. The lowest BCUT2D eigenvalue weighted by Gasteiger charge is -2.40. The SMILES string of the molecule is CCCCCCCCCCCCCC/C=C/[C@@H](O)[C@H](CO[C@@H]1O[C@H](CO)[C@H](O)C(O)C1O)NC(=O)CCCCCCCCCCCCCCCCCCCCC. The first-order chi connectivity index (χ1) is 27.3. The van der Waals surface area contributed by atoms with Crippen molar-refractivity contribution in [3.63, 3.8) is 0 Å². The zero-order valence-corrected chi connectivity index (χ0v) is 36.4. The second-order valence-corrected chi connectivity index (χ2v) is 16.9.